The molecular weight excluding hydrogens is 538 g/mol. The van der Waals surface area contributed by atoms with Crippen LogP contribution in [0.15, 0.2) is 66.9 Å². The largest absolute Gasteiger partial charge is 0.356 e. The lowest BCUT2D eigenvalue weighted by atomic mass is 9.95. The van der Waals surface area contributed by atoms with Crippen LogP contribution in [0.2, 0.25) is 0 Å². The van der Waals surface area contributed by atoms with E-state index in [0.717, 1.165) is 12.1 Å². The number of para-hydroxylation sites is 1. The summed E-state index contributed by atoms with van der Waals surface area (Å²) in [5.41, 5.74) is 2.80. The maximum Gasteiger partial charge on any atom is 0.257 e. The number of H-pyrrole nitrogens is 1. The second-order valence-corrected chi connectivity index (χ2v) is 9.95. The Balaban J connectivity index is 1.51. The minimum Gasteiger partial charge on any atom is -0.356 e. The number of carbonyl (C=O) groups is 2. The first-order valence-corrected chi connectivity index (χ1v) is 13.0. The van der Waals surface area contributed by atoms with Gasteiger partial charge in [-0.05, 0) is 48.9 Å². The molecule has 7 nitrogen and oxygen atoms in total. The fourth-order valence-corrected chi connectivity index (χ4v) is 4.92. The Morgan fingerprint density at radius 3 is 2.56 bits per heavy atom. The van der Waals surface area contributed by atoms with Crippen molar-refractivity contribution in [2.45, 2.75) is 38.2 Å². The highest BCUT2D eigenvalue weighted by molar-refractivity contribution is 6.06. The van der Waals surface area contributed by atoms with Gasteiger partial charge in [-0.15, -0.1) is 0 Å². The molecule has 0 aliphatic carbocycles. The molecule has 2 amide bonds. The van der Waals surface area contributed by atoms with Crippen LogP contribution in [0.1, 0.15) is 40.9 Å². The number of rotatable bonds is 8. The van der Waals surface area contributed by atoms with Gasteiger partial charge >= 0.3 is 0 Å². The number of fused-ring (bicyclic) bond motifs is 1. The summed E-state index contributed by atoms with van der Waals surface area (Å²) in [6.07, 6.45) is -1.57. The van der Waals surface area contributed by atoms with E-state index in [1.165, 1.54) is 30.5 Å². The number of nitrogens with zero attached hydrogens (tertiary/aromatic N) is 2. The number of halogens is 4. The molecule has 4 aromatic rings. The molecular formula is C30H27F4N5O2. The fourth-order valence-electron chi connectivity index (χ4n) is 4.92. The number of aromatic nitrogens is 2. The van der Waals surface area contributed by atoms with Gasteiger partial charge in [0.15, 0.2) is 0 Å². The molecule has 1 aliphatic rings. The van der Waals surface area contributed by atoms with Crippen molar-refractivity contribution >= 4 is 29.0 Å². The summed E-state index contributed by atoms with van der Waals surface area (Å²) in [7, 11) is 1.70. The molecule has 41 heavy (non-hydrogen) atoms. The molecule has 3 heterocycles. The lowest BCUT2D eigenvalue weighted by Crippen LogP contribution is -2.41. The molecule has 1 unspecified atom stereocenters. The number of amides is 2. The highest BCUT2D eigenvalue weighted by Crippen LogP contribution is 2.39. The van der Waals surface area contributed by atoms with Crippen LogP contribution in [0.4, 0.5) is 34.8 Å². The molecule has 2 aromatic carbocycles. The molecule has 0 spiro atoms. The SMILES string of the molecule is C[C@@H]1Cc2[nH]c(-c3ccnc(NC(=O)C(CC(F)F)c4ccc(F)cc4)c3)c(Nc3ccccc3F)c2C(=O)N1C. The van der Waals surface area contributed by atoms with Gasteiger partial charge in [-0.25, -0.2) is 22.5 Å². The van der Waals surface area contributed by atoms with E-state index in [4.69, 9.17) is 0 Å². The molecule has 0 saturated heterocycles. The zero-order valence-electron chi connectivity index (χ0n) is 22.2. The van der Waals surface area contributed by atoms with Gasteiger partial charge in [-0.2, -0.15) is 0 Å². The Morgan fingerprint density at radius 2 is 1.85 bits per heavy atom. The lowest BCUT2D eigenvalue weighted by Gasteiger charge is -2.30. The zero-order valence-corrected chi connectivity index (χ0v) is 22.2. The van der Waals surface area contributed by atoms with Crippen molar-refractivity contribution in [3.63, 3.8) is 0 Å². The first-order chi connectivity index (χ1) is 19.6. The van der Waals surface area contributed by atoms with Crippen LogP contribution in [-0.4, -0.2) is 46.2 Å². The predicted octanol–water partition coefficient (Wildman–Crippen LogP) is 6.49. The zero-order chi connectivity index (χ0) is 29.3. The highest BCUT2D eigenvalue weighted by Gasteiger charge is 2.34. The highest BCUT2D eigenvalue weighted by atomic mass is 19.3. The van der Waals surface area contributed by atoms with E-state index < -0.39 is 36.3 Å². The minimum absolute atomic E-state index is 0.0756. The third kappa shape index (κ3) is 5.79. The van der Waals surface area contributed by atoms with Crippen molar-refractivity contribution in [3.8, 4) is 11.3 Å². The van der Waals surface area contributed by atoms with Crippen molar-refractivity contribution < 1.29 is 27.2 Å². The number of nitrogens with one attached hydrogen (secondary N) is 3. The minimum atomic E-state index is -2.77. The van der Waals surface area contributed by atoms with Crippen molar-refractivity contribution in [3.05, 3.63) is 95.3 Å². The van der Waals surface area contributed by atoms with Gasteiger partial charge in [0.05, 0.1) is 28.6 Å². The Hall–Kier alpha value is -4.67. The number of carbonyl (C=O) groups excluding carboxylic acids is 2. The van der Waals surface area contributed by atoms with E-state index in [1.54, 1.807) is 36.2 Å². The summed E-state index contributed by atoms with van der Waals surface area (Å²) < 4.78 is 54.7. The Bertz CT molecular complexity index is 1590. The smallest absolute Gasteiger partial charge is 0.257 e. The van der Waals surface area contributed by atoms with Crippen molar-refractivity contribution in [2.75, 3.05) is 17.7 Å². The quantitative estimate of drug-likeness (QED) is 0.213. The van der Waals surface area contributed by atoms with Gasteiger partial charge in [0.25, 0.3) is 5.91 Å². The molecule has 3 N–H and O–H groups in total. The Labute approximate surface area is 233 Å². The van der Waals surface area contributed by atoms with Crippen LogP contribution < -0.4 is 10.6 Å². The maximum absolute atomic E-state index is 14.6. The first-order valence-electron chi connectivity index (χ1n) is 13.0. The Kier molecular flexibility index (Phi) is 7.78. The summed E-state index contributed by atoms with van der Waals surface area (Å²) in [5.74, 6) is -3.19. The predicted molar refractivity (Wildman–Crippen MR) is 147 cm³/mol. The van der Waals surface area contributed by atoms with E-state index in [1.807, 2.05) is 6.92 Å². The van der Waals surface area contributed by atoms with E-state index in [0.29, 0.717) is 34.6 Å². The fraction of sp³-hybridized carbons (Fsp3) is 0.233. The van der Waals surface area contributed by atoms with Gasteiger partial charge in [-0.3, -0.25) is 9.59 Å². The normalized spacial score (nSPS) is 15.5. The van der Waals surface area contributed by atoms with Crippen molar-refractivity contribution in [1.29, 1.82) is 0 Å². The third-order valence-electron chi connectivity index (χ3n) is 7.21. The molecule has 5 rings (SSSR count). The summed E-state index contributed by atoms with van der Waals surface area (Å²) in [6.45, 7) is 1.92. The van der Waals surface area contributed by atoms with Crippen LogP contribution in [0, 0.1) is 11.6 Å². The summed E-state index contributed by atoms with van der Waals surface area (Å²) in [6, 6.07) is 14.0. The summed E-state index contributed by atoms with van der Waals surface area (Å²) >= 11 is 0. The molecule has 0 bridgehead atoms. The molecule has 0 saturated carbocycles. The second-order valence-electron chi connectivity index (χ2n) is 9.95. The summed E-state index contributed by atoms with van der Waals surface area (Å²) in [4.78, 5) is 35.5. The monoisotopic (exact) mass is 565 g/mol. The molecule has 2 atom stereocenters. The average molecular weight is 566 g/mol. The van der Waals surface area contributed by atoms with E-state index in [2.05, 4.69) is 20.6 Å². The van der Waals surface area contributed by atoms with Gasteiger partial charge in [0.2, 0.25) is 12.3 Å². The van der Waals surface area contributed by atoms with Gasteiger partial charge in [0.1, 0.15) is 17.5 Å². The van der Waals surface area contributed by atoms with Crippen LogP contribution in [0.5, 0.6) is 0 Å². The van der Waals surface area contributed by atoms with Gasteiger partial charge < -0.3 is 20.5 Å². The first kappa shape index (κ1) is 27.9. The molecule has 2 aromatic heterocycles. The van der Waals surface area contributed by atoms with E-state index in [9.17, 15) is 27.2 Å². The van der Waals surface area contributed by atoms with Crippen molar-refractivity contribution in [1.82, 2.24) is 14.9 Å². The molecule has 11 heteroatoms. The third-order valence-corrected chi connectivity index (χ3v) is 7.21. The van der Waals surface area contributed by atoms with E-state index >= 15 is 0 Å². The topological polar surface area (TPSA) is 90.1 Å². The van der Waals surface area contributed by atoms with Crippen LogP contribution in [-0.2, 0) is 11.2 Å². The molecule has 0 fully saturated rings. The standard InChI is InChI=1S/C30H27F4N5O2/c1-16-13-23-26(30(41)39(16)2)28(36-22-6-4-3-5-21(22)32)27(37-23)18-11-12-35-25(14-18)38-29(40)20(15-24(33)34)17-7-9-19(31)10-8-17/h3-12,14,16,20,24,36-37H,13,15H2,1-2H3,(H,35,38,40)/t16-,20?/m1/s1. The van der Waals surface area contributed by atoms with Gasteiger partial charge in [0, 0.05) is 43.4 Å². The molecule has 212 valence electrons. The number of anilines is 3. The van der Waals surface area contributed by atoms with E-state index in [-0.39, 0.29) is 29.0 Å². The second kappa shape index (κ2) is 11.4. The number of pyridine rings is 1. The van der Waals surface area contributed by atoms with Crippen molar-refractivity contribution in [2.24, 2.45) is 0 Å². The van der Waals surface area contributed by atoms with Crippen LogP contribution in [0.25, 0.3) is 11.3 Å². The van der Waals surface area contributed by atoms with Crippen LogP contribution >= 0.6 is 0 Å². The lowest BCUT2D eigenvalue weighted by molar-refractivity contribution is -0.118. The van der Waals surface area contributed by atoms with Crippen LogP contribution in [0.3, 0.4) is 0 Å². The molecule has 1 aliphatic heterocycles. The summed E-state index contributed by atoms with van der Waals surface area (Å²) in [5, 5.41) is 5.65. The number of likely N-dealkylation sites (N-methyl/N-ethyl adjacent to an activating group) is 1. The number of hydrogen-bond donors (Lipinski definition) is 3. The number of alkyl halides is 2. The maximum atomic E-state index is 14.6. The van der Waals surface area contributed by atoms with Gasteiger partial charge in [-0.1, -0.05) is 24.3 Å². The number of benzene rings is 2. The molecule has 0 radical (unpaired) electrons. The average Bonchev–Trinajstić information content (AvgIpc) is 3.30. The number of hydrogen-bond acceptors (Lipinski definition) is 4. The number of aromatic amines is 1. The Morgan fingerprint density at radius 1 is 1.12 bits per heavy atom.